The highest BCUT2D eigenvalue weighted by Gasteiger charge is 2.32. The van der Waals surface area contributed by atoms with E-state index < -0.39 is 22.5 Å². The summed E-state index contributed by atoms with van der Waals surface area (Å²) in [5.74, 6) is -0.740. The Kier molecular flexibility index (Phi) is 4.53. The van der Waals surface area contributed by atoms with Crippen molar-refractivity contribution in [3.05, 3.63) is 74.4 Å². The fourth-order valence-electron chi connectivity index (χ4n) is 2.33. The molecule has 3 aromatic rings. The monoisotopic (exact) mass is 383 g/mol. The Bertz CT molecular complexity index is 1050. The van der Waals surface area contributed by atoms with Gasteiger partial charge in [-0.1, -0.05) is 41.1 Å². The molecule has 3 rings (SSSR count). The maximum atomic E-state index is 13.0. The van der Waals surface area contributed by atoms with Crippen LogP contribution in [0, 0.1) is 0 Å². The number of hydrogen-bond donors (Lipinski definition) is 0. The van der Waals surface area contributed by atoms with Crippen molar-refractivity contribution in [1.82, 2.24) is 4.57 Å². The van der Waals surface area contributed by atoms with Gasteiger partial charge in [0.05, 0.1) is 15.8 Å². The molecule has 0 saturated carbocycles. The van der Waals surface area contributed by atoms with Gasteiger partial charge in [0.25, 0.3) is 5.91 Å². The third kappa shape index (κ3) is 3.52. The van der Waals surface area contributed by atoms with Crippen molar-refractivity contribution in [2.24, 2.45) is 0 Å². The molecule has 8 heteroatoms. The molecule has 0 amide bonds. The van der Waals surface area contributed by atoms with Gasteiger partial charge < -0.3 is 0 Å². The van der Waals surface area contributed by atoms with Crippen LogP contribution in [0.15, 0.2) is 53.3 Å². The first-order valence-corrected chi connectivity index (χ1v) is 8.16. The predicted octanol–water partition coefficient (Wildman–Crippen LogP) is 5.09. The first-order valence-electron chi connectivity index (χ1n) is 6.97. The number of aromatic nitrogens is 1. The van der Waals surface area contributed by atoms with Crippen molar-refractivity contribution in [3.63, 3.8) is 0 Å². The fourth-order valence-corrected chi connectivity index (χ4v) is 3.36. The summed E-state index contributed by atoms with van der Waals surface area (Å²) in [5.41, 5.74) is -0.695. The highest BCUT2D eigenvalue weighted by molar-refractivity contribution is 7.16. The van der Waals surface area contributed by atoms with Crippen LogP contribution in [0.3, 0.4) is 0 Å². The molecule has 0 aliphatic heterocycles. The van der Waals surface area contributed by atoms with Crippen molar-refractivity contribution in [1.29, 1.82) is 0 Å². The largest absolute Gasteiger partial charge is 0.416 e. The summed E-state index contributed by atoms with van der Waals surface area (Å²) < 4.78 is 40.4. The standard InChI is InChI=1S/C17H9ClF3NO2S/c18-11-6-7-14-13(9-11)22(16(24)25-14)15(23)8-5-10-3-1-2-4-12(10)17(19,20)21/h1-9H/b8-5+. The van der Waals surface area contributed by atoms with Gasteiger partial charge in [-0.25, -0.2) is 4.57 Å². The topological polar surface area (TPSA) is 39.1 Å². The Morgan fingerprint density at radius 1 is 1.16 bits per heavy atom. The third-order valence-corrected chi connectivity index (χ3v) is 4.59. The molecule has 0 fully saturated rings. The Hall–Kier alpha value is -2.38. The number of hydrogen-bond acceptors (Lipinski definition) is 3. The molecule has 0 spiro atoms. The lowest BCUT2D eigenvalue weighted by Crippen LogP contribution is -2.19. The van der Waals surface area contributed by atoms with Crippen LogP contribution in [0.2, 0.25) is 5.02 Å². The number of thiazole rings is 1. The van der Waals surface area contributed by atoms with Crippen LogP contribution in [-0.4, -0.2) is 10.5 Å². The SMILES string of the molecule is O=C(/C=C/c1ccccc1C(F)(F)F)n1c(=O)sc2ccc(Cl)cc21. The molecule has 0 bridgehead atoms. The van der Waals surface area contributed by atoms with E-state index in [1.165, 1.54) is 24.3 Å². The van der Waals surface area contributed by atoms with Gasteiger partial charge in [-0.3, -0.25) is 9.59 Å². The Balaban J connectivity index is 2.02. The molecule has 0 radical (unpaired) electrons. The van der Waals surface area contributed by atoms with Crippen LogP contribution in [0.25, 0.3) is 16.3 Å². The predicted molar refractivity (Wildman–Crippen MR) is 92.2 cm³/mol. The van der Waals surface area contributed by atoms with Gasteiger partial charge >= 0.3 is 11.0 Å². The molecule has 2 aromatic carbocycles. The molecule has 0 atom stereocenters. The number of halogens is 4. The highest BCUT2D eigenvalue weighted by Crippen LogP contribution is 2.32. The van der Waals surface area contributed by atoms with Crippen LogP contribution in [0.4, 0.5) is 13.2 Å². The Morgan fingerprint density at radius 2 is 1.88 bits per heavy atom. The van der Waals surface area contributed by atoms with E-state index in [1.807, 2.05) is 0 Å². The minimum Gasteiger partial charge on any atom is -0.269 e. The Morgan fingerprint density at radius 3 is 2.60 bits per heavy atom. The summed E-state index contributed by atoms with van der Waals surface area (Å²) in [7, 11) is 0. The van der Waals surface area contributed by atoms with Gasteiger partial charge in [0.15, 0.2) is 0 Å². The minimum absolute atomic E-state index is 0.158. The van der Waals surface area contributed by atoms with Crippen LogP contribution < -0.4 is 4.87 Å². The number of benzene rings is 2. The van der Waals surface area contributed by atoms with E-state index in [-0.39, 0.29) is 5.56 Å². The normalized spacial score (nSPS) is 12.2. The van der Waals surface area contributed by atoms with Gasteiger partial charge in [0, 0.05) is 11.1 Å². The molecule has 1 heterocycles. The number of carbonyl (C=O) groups is 1. The second-order valence-corrected chi connectivity index (χ2v) is 6.50. The molecule has 0 saturated heterocycles. The van der Waals surface area contributed by atoms with Gasteiger partial charge in [-0.2, -0.15) is 13.2 Å². The molecule has 0 N–H and O–H groups in total. The van der Waals surface area contributed by atoms with Crippen LogP contribution >= 0.6 is 22.9 Å². The fraction of sp³-hybridized carbons (Fsp3) is 0.0588. The van der Waals surface area contributed by atoms with Crippen molar-refractivity contribution < 1.29 is 18.0 Å². The molecular formula is C17H9ClF3NO2S. The van der Waals surface area contributed by atoms with Gasteiger partial charge in [0.2, 0.25) is 0 Å². The van der Waals surface area contributed by atoms with Crippen molar-refractivity contribution >= 4 is 45.1 Å². The smallest absolute Gasteiger partial charge is 0.269 e. The van der Waals surface area contributed by atoms with E-state index in [0.717, 1.165) is 34.1 Å². The Labute approximate surface area is 148 Å². The van der Waals surface area contributed by atoms with Crippen molar-refractivity contribution in [2.75, 3.05) is 0 Å². The van der Waals surface area contributed by atoms with Crippen LogP contribution in [0.1, 0.15) is 15.9 Å². The molecule has 3 nitrogen and oxygen atoms in total. The van der Waals surface area contributed by atoms with Crippen molar-refractivity contribution in [2.45, 2.75) is 6.18 Å². The van der Waals surface area contributed by atoms with E-state index in [2.05, 4.69) is 0 Å². The van der Waals surface area contributed by atoms with Crippen LogP contribution in [-0.2, 0) is 6.18 Å². The maximum Gasteiger partial charge on any atom is 0.416 e. The molecule has 0 aliphatic carbocycles. The van der Waals surface area contributed by atoms with Gasteiger partial charge in [0.1, 0.15) is 0 Å². The van der Waals surface area contributed by atoms with E-state index in [9.17, 15) is 22.8 Å². The molecule has 0 aliphatic rings. The lowest BCUT2D eigenvalue weighted by molar-refractivity contribution is -0.137. The average Bonchev–Trinajstić information content (AvgIpc) is 2.87. The van der Waals surface area contributed by atoms with Gasteiger partial charge in [-0.15, -0.1) is 0 Å². The van der Waals surface area contributed by atoms with E-state index in [1.54, 1.807) is 12.1 Å². The summed E-state index contributed by atoms with van der Waals surface area (Å²) in [5, 5.41) is 0.346. The minimum atomic E-state index is -4.54. The number of rotatable bonds is 2. The molecule has 0 unspecified atom stereocenters. The third-order valence-electron chi connectivity index (χ3n) is 3.43. The van der Waals surface area contributed by atoms with Crippen LogP contribution in [0.5, 0.6) is 0 Å². The molecule has 128 valence electrons. The summed E-state index contributed by atoms with van der Waals surface area (Å²) >= 11 is 6.74. The zero-order valence-electron chi connectivity index (χ0n) is 12.4. The quantitative estimate of drug-likeness (QED) is 0.578. The number of fused-ring (bicyclic) bond motifs is 1. The highest BCUT2D eigenvalue weighted by atomic mass is 35.5. The molecule has 25 heavy (non-hydrogen) atoms. The zero-order valence-corrected chi connectivity index (χ0v) is 14.0. The van der Waals surface area contributed by atoms with E-state index in [4.69, 9.17) is 11.6 Å². The van der Waals surface area contributed by atoms with E-state index in [0.29, 0.717) is 15.2 Å². The molecule has 1 aromatic heterocycles. The second kappa shape index (κ2) is 6.50. The lowest BCUT2D eigenvalue weighted by atomic mass is 10.1. The maximum absolute atomic E-state index is 13.0. The first-order chi connectivity index (χ1) is 11.8. The number of carbonyl (C=O) groups excluding carboxylic acids is 1. The van der Waals surface area contributed by atoms with Gasteiger partial charge in [-0.05, 0) is 35.9 Å². The molecular weight excluding hydrogens is 375 g/mol. The van der Waals surface area contributed by atoms with Crippen molar-refractivity contribution in [3.8, 4) is 0 Å². The summed E-state index contributed by atoms with van der Waals surface area (Å²) in [6, 6.07) is 9.53. The zero-order chi connectivity index (χ0) is 18.2. The first kappa shape index (κ1) is 17.4. The second-order valence-electron chi connectivity index (χ2n) is 5.07. The number of alkyl halides is 3. The van der Waals surface area contributed by atoms with E-state index >= 15 is 0 Å². The lowest BCUT2D eigenvalue weighted by Gasteiger charge is -2.09. The summed E-state index contributed by atoms with van der Waals surface area (Å²) in [6.45, 7) is 0. The number of allylic oxidation sites excluding steroid dienone is 1. The summed E-state index contributed by atoms with van der Waals surface area (Å²) in [4.78, 5) is 23.8. The summed E-state index contributed by atoms with van der Waals surface area (Å²) in [6.07, 6.45) is -2.55. The number of nitrogens with zero attached hydrogens (tertiary/aromatic N) is 1. The average molecular weight is 384 g/mol.